The molecule has 0 fully saturated rings. The third-order valence-electron chi connectivity index (χ3n) is 4.58. The maximum atomic E-state index is 13.7. The lowest BCUT2D eigenvalue weighted by molar-refractivity contribution is -0.104. The fourth-order valence-corrected chi connectivity index (χ4v) is 3.05. The van der Waals surface area contributed by atoms with E-state index in [1.807, 2.05) is 18.2 Å². The molecule has 0 saturated carbocycles. The minimum absolute atomic E-state index is 0.217. The van der Waals surface area contributed by atoms with Crippen LogP contribution in [0, 0.1) is 12.7 Å². The molecule has 1 aromatic heterocycles. The number of hydrogen-bond donors (Lipinski definition) is 2. The zero-order valence-corrected chi connectivity index (χ0v) is 16.0. The summed E-state index contributed by atoms with van der Waals surface area (Å²) in [5.41, 5.74) is 10.9. The SMILES string of the molecule is Cc1cc(-c2ncccc2-c2cc(C=[NH2+])c(N)c(C(=O)N(C)C)c2)ccc1F. The number of nitrogens with zero attached hydrogens (tertiary/aromatic N) is 2. The Hall–Kier alpha value is -3.54. The highest BCUT2D eigenvalue weighted by molar-refractivity contribution is 6.04. The number of rotatable bonds is 4. The van der Waals surface area contributed by atoms with E-state index in [4.69, 9.17) is 11.1 Å². The maximum Gasteiger partial charge on any atom is 0.255 e. The van der Waals surface area contributed by atoms with E-state index in [0.29, 0.717) is 28.1 Å². The van der Waals surface area contributed by atoms with Crippen molar-refractivity contribution < 1.29 is 14.6 Å². The first-order valence-corrected chi connectivity index (χ1v) is 8.75. The van der Waals surface area contributed by atoms with Gasteiger partial charge in [0, 0.05) is 31.4 Å². The molecule has 5 nitrogen and oxygen atoms in total. The van der Waals surface area contributed by atoms with Crippen LogP contribution in [0.1, 0.15) is 21.5 Å². The molecule has 0 atom stereocenters. The number of aryl methyl sites for hydroxylation is 1. The van der Waals surface area contributed by atoms with E-state index in [1.54, 1.807) is 45.4 Å². The molecule has 0 unspecified atom stereocenters. The van der Waals surface area contributed by atoms with Crippen LogP contribution in [0.3, 0.4) is 0 Å². The standard InChI is InChI=1S/C22H21FN4O/c1-13-9-14(6-7-19(13)23)21-17(5-4-8-26-21)15-10-16(12-24)20(25)18(11-15)22(28)27(2)3/h4-12,24H,25H2,1-3H3/p+1. The maximum absolute atomic E-state index is 13.7. The van der Waals surface area contributed by atoms with Gasteiger partial charge in [0.05, 0.1) is 22.5 Å². The quantitative estimate of drug-likeness (QED) is 0.541. The zero-order valence-electron chi connectivity index (χ0n) is 16.0. The van der Waals surface area contributed by atoms with Gasteiger partial charge in [0.15, 0.2) is 6.21 Å². The van der Waals surface area contributed by atoms with Crippen molar-refractivity contribution in [1.82, 2.24) is 9.88 Å². The van der Waals surface area contributed by atoms with Crippen LogP contribution in [0.2, 0.25) is 0 Å². The first kappa shape index (κ1) is 19.2. The second-order valence-corrected chi connectivity index (χ2v) is 6.76. The van der Waals surface area contributed by atoms with Crippen molar-refractivity contribution in [1.29, 1.82) is 0 Å². The fourth-order valence-electron chi connectivity index (χ4n) is 3.05. The Kier molecular flexibility index (Phi) is 5.22. The second kappa shape index (κ2) is 7.60. The van der Waals surface area contributed by atoms with Crippen molar-refractivity contribution in [3.05, 3.63) is 71.2 Å². The normalized spacial score (nSPS) is 10.6. The van der Waals surface area contributed by atoms with Crippen LogP contribution >= 0.6 is 0 Å². The van der Waals surface area contributed by atoms with Crippen LogP contribution in [0.5, 0.6) is 0 Å². The van der Waals surface area contributed by atoms with E-state index in [2.05, 4.69) is 4.98 Å². The number of halogens is 1. The van der Waals surface area contributed by atoms with Crippen LogP contribution in [0.15, 0.2) is 48.7 Å². The van der Waals surface area contributed by atoms with Crippen LogP contribution < -0.4 is 11.1 Å². The number of nitrogen functional groups attached to an aromatic ring is 1. The van der Waals surface area contributed by atoms with Gasteiger partial charge in [-0.15, -0.1) is 0 Å². The summed E-state index contributed by atoms with van der Waals surface area (Å²) < 4.78 is 13.7. The molecule has 28 heavy (non-hydrogen) atoms. The summed E-state index contributed by atoms with van der Waals surface area (Å²) in [6.45, 7) is 1.71. The smallest absolute Gasteiger partial charge is 0.255 e. The average molecular weight is 377 g/mol. The summed E-state index contributed by atoms with van der Waals surface area (Å²) >= 11 is 0. The van der Waals surface area contributed by atoms with Gasteiger partial charge in [-0.1, -0.05) is 6.07 Å². The molecular weight excluding hydrogens is 355 g/mol. The zero-order chi connectivity index (χ0) is 20.4. The van der Waals surface area contributed by atoms with E-state index in [1.165, 1.54) is 17.2 Å². The Morgan fingerprint density at radius 2 is 1.93 bits per heavy atom. The molecule has 0 aliphatic carbocycles. The number of anilines is 1. The Bertz CT molecular complexity index is 1080. The Morgan fingerprint density at radius 3 is 2.57 bits per heavy atom. The van der Waals surface area contributed by atoms with E-state index >= 15 is 0 Å². The summed E-state index contributed by atoms with van der Waals surface area (Å²) in [5.74, 6) is -0.488. The molecule has 6 heteroatoms. The molecule has 3 rings (SSSR count). The number of hydrogen-bond acceptors (Lipinski definition) is 3. The van der Waals surface area contributed by atoms with Gasteiger partial charge >= 0.3 is 0 Å². The summed E-state index contributed by atoms with van der Waals surface area (Å²) in [5, 5.41) is 5.74. The molecule has 1 heterocycles. The minimum Gasteiger partial charge on any atom is -0.397 e. The number of benzene rings is 2. The van der Waals surface area contributed by atoms with Gasteiger partial charge in [0.1, 0.15) is 5.82 Å². The van der Waals surface area contributed by atoms with E-state index in [9.17, 15) is 9.18 Å². The lowest BCUT2D eigenvalue weighted by atomic mass is 9.94. The summed E-state index contributed by atoms with van der Waals surface area (Å²) in [6, 6.07) is 12.1. The van der Waals surface area contributed by atoms with Crippen molar-refractivity contribution in [2.45, 2.75) is 6.92 Å². The topological polar surface area (TPSA) is 84.8 Å². The van der Waals surface area contributed by atoms with Gasteiger partial charge in [0.25, 0.3) is 5.91 Å². The van der Waals surface area contributed by atoms with Gasteiger partial charge < -0.3 is 10.6 Å². The van der Waals surface area contributed by atoms with Crippen molar-refractivity contribution in [3.8, 4) is 22.4 Å². The molecule has 0 aliphatic heterocycles. The molecule has 2 aromatic carbocycles. The monoisotopic (exact) mass is 377 g/mol. The molecule has 0 spiro atoms. The number of carbonyl (C=O) groups excluding carboxylic acids is 1. The van der Waals surface area contributed by atoms with Crippen LogP contribution in [-0.4, -0.2) is 36.1 Å². The number of pyridine rings is 1. The number of amides is 1. The van der Waals surface area contributed by atoms with E-state index in [0.717, 1.165) is 16.7 Å². The van der Waals surface area contributed by atoms with Crippen molar-refractivity contribution >= 4 is 17.8 Å². The molecule has 3 aromatic rings. The number of carbonyl (C=O) groups is 1. The molecule has 0 saturated heterocycles. The highest BCUT2D eigenvalue weighted by atomic mass is 19.1. The Balaban J connectivity index is 2.25. The van der Waals surface area contributed by atoms with Gasteiger partial charge in [-0.2, -0.15) is 0 Å². The average Bonchev–Trinajstić information content (AvgIpc) is 2.69. The Morgan fingerprint density at radius 1 is 1.18 bits per heavy atom. The van der Waals surface area contributed by atoms with Crippen LogP contribution in [-0.2, 0) is 0 Å². The Labute approximate surface area is 163 Å². The molecule has 1 amide bonds. The first-order chi connectivity index (χ1) is 13.3. The molecule has 142 valence electrons. The molecular formula is C22H22FN4O+. The van der Waals surface area contributed by atoms with Gasteiger partial charge in [-0.3, -0.25) is 15.2 Å². The molecule has 0 radical (unpaired) electrons. The van der Waals surface area contributed by atoms with Gasteiger partial charge in [-0.05, 0) is 54.4 Å². The number of aromatic nitrogens is 1. The van der Waals surface area contributed by atoms with Crippen LogP contribution in [0.25, 0.3) is 22.4 Å². The van der Waals surface area contributed by atoms with Crippen LogP contribution in [0.4, 0.5) is 10.1 Å². The third kappa shape index (κ3) is 3.49. The van der Waals surface area contributed by atoms with Crippen molar-refractivity contribution in [2.75, 3.05) is 19.8 Å². The van der Waals surface area contributed by atoms with Gasteiger partial charge in [0.2, 0.25) is 0 Å². The van der Waals surface area contributed by atoms with Crippen molar-refractivity contribution in [3.63, 3.8) is 0 Å². The first-order valence-electron chi connectivity index (χ1n) is 8.75. The summed E-state index contributed by atoms with van der Waals surface area (Å²) in [4.78, 5) is 18.5. The summed E-state index contributed by atoms with van der Waals surface area (Å²) in [6.07, 6.45) is 3.06. The van der Waals surface area contributed by atoms with E-state index in [-0.39, 0.29) is 11.7 Å². The second-order valence-electron chi connectivity index (χ2n) is 6.76. The fraction of sp³-hybridized carbons (Fsp3) is 0.136. The van der Waals surface area contributed by atoms with Crippen molar-refractivity contribution in [2.24, 2.45) is 0 Å². The third-order valence-corrected chi connectivity index (χ3v) is 4.58. The highest BCUT2D eigenvalue weighted by Crippen LogP contribution is 2.34. The largest absolute Gasteiger partial charge is 0.397 e. The number of nitrogens with two attached hydrogens (primary N) is 2. The molecule has 4 N–H and O–H groups in total. The molecule has 0 bridgehead atoms. The predicted octanol–water partition coefficient (Wildman–Crippen LogP) is 2.33. The van der Waals surface area contributed by atoms with E-state index < -0.39 is 0 Å². The summed E-state index contributed by atoms with van der Waals surface area (Å²) in [7, 11) is 3.33. The lowest BCUT2D eigenvalue weighted by Crippen LogP contribution is -2.31. The van der Waals surface area contributed by atoms with Gasteiger partial charge in [-0.25, -0.2) is 4.39 Å². The predicted molar refractivity (Wildman–Crippen MR) is 109 cm³/mol. The minimum atomic E-state index is -0.271. The highest BCUT2D eigenvalue weighted by Gasteiger charge is 2.19. The lowest BCUT2D eigenvalue weighted by Gasteiger charge is -2.16. The molecule has 0 aliphatic rings.